The van der Waals surface area contributed by atoms with Crippen molar-refractivity contribution in [2.75, 3.05) is 43.5 Å². The zero-order valence-electron chi connectivity index (χ0n) is 16.2. The van der Waals surface area contributed by atoms with Crippen molar-refractivity contribution in [2.45, 2.75) is 6.42 Å². The van der Waals surface area contributed by atoms with Gasteiger partial charge in [0.15, 0.2) is 0 Å². The monoisotopic (exact) mass is 409 g/mol. The van der Waals surface area contributed by atoms with E-state index in [-0.39, 0.29) is 12.3 Å². The highest BCUT2D eigenvalue weighted by Gasteiger charge is 2.22. The molecule has 150 valence electrons. The van der Waals surface area contributed by atoms with E-state index in [4.69, 9.17) is 4.74 Å². The van der Waals surface area contributed by atoms with E-state index in [9.17, 15) is 4.79 Å². The van der Waals surface area contributed by atoms with Crippen LogP contribution >= 0.6 is 11.3 Å². The molecule has 1 amide bonds. The summed E-state index contributed by atoms with van der Waals surface area (Å²) in [6.07, 6.45) is 0.274. The molecular formula is C21H23N5O2S. The van der Waals surface area contributed by atoms with Crippen LogP contribution in [0.3, 0.4) is 0 Å². The fourth-order valence-corrected chi connectivity index (χ4v) is 4.08. The SMILES string of the molecule is COc1ccccc1Nc1nnc(CC(=O)N2CCN(c3ccccc3)CC2)s1. The highest BCUT2D eigenvalue weighted by Crippen LogP contribution is 2.28. The normalized spacial score (nSPS) is 14.0. The van der Waals surface area contributed by atoms with Crippen LogP contribution in [0.5, 0.6) is 5.75 Å². The lowest BCUT2D eigenvalue weighted by Gasteiger charge is -2.36. The third-order valence-corrected chi connectivity index (χ3v) is 5.71. The maximum Gasteiger partial charge on any atom is 0.229 e. The number of hydrogen-bond donors (Lipinski definition) is 1. The van der Waals surface area contributed by atoms with E-state index in [1.54, 1.807) is 7.11 Å². The first-order valence-corrected chi connectivity index (χ1v) is 10.3. The van der Waals surface area contributed by atoms with Gasteiger partial charge in [-0.15, -0.1) is 10.2 Å². The number of hydrogen-bond acceptors (Lipinski definition) is 7. The molecule has 0 spiro atoms. The van der Waals surface area contributed by atoms with Gasteiger partial charge in [0.1, 0.15) is 10.8 Å². The standard InChI is InChI=1S/C21H23N5O2S/c1-28-18-10-6-5-9-17(18)22-21-24-23-19(29-21)15-20(27)26-13-11-25(12-14-26)16-7-3-2-4-8-16/h2-10H,11-15H2,1H3,(H,22,24). The molecule has 0 atom stereocenters. The predicted octanol–water partition coefficient (Wildman–Crippen LogP) is 3.18. The van der Waals surface area contributed by atoms with Crippen LogP contribution in [0, 0.1) is 0 Å². The highest BCUT2D eigenvalue weighted by atomic mass is 32.1. The molecule has 8 heteroatoms. The number of carbonyl (C=O) groups excluding carboxylic acids is 1. The molecule has 1 aromatic heterocycles. The molecule has 4 rings (SSSR count). The van der Waals surface area contributed by atoms with Crippen molar-refractivity contribution in [3.05, 3.63) is 59.6 Å². The van der Waals surface area contributed by atoms with E-state index in [2.05, 4.69) is 32.5 Å². The van der Waals surface area contributed by atoms with Gasteiger partial charge in [-0.1, -0.05) is 41.7 Å². The molecular weight excluding hydrogens is 386 g/mol. The van der Waals surface area contributed by atoms with Gasteiger partial charge in [-0.3, -0.25) is 4.79 Å². The number of amides is 1. The summed E-state index contributed by atoms with van der Waals surface area (Å²) in [6.45, 7) is 3.12. The topological polar surface area (TPSA) is 70.6 Å². The molecule has 1 aliphatic heterocycles. The fraction of sp³-hybridized carbons (Fsp3) is 0.286. The van der Waals surface area contributed by atoms with Crippen molar-refractivity contribution in [3.63, 3.8) is 0 Å². The highest BCUT2D eigenvalue weighted by molar-refractivity contribution is 7.15. The first-order chi connectivity index (χ1) is 14.2. The lowest BCUT2D eigenvalue weighted by Crippen LogP contribution is -2.49. The minimum Gasteiger partial charge on any atom is -0.495 e. The van der Waals surface area contributed by atoms with Crippen LogP contribution in [0.2, 0.25) is 0 Å². The molecule has 0 unspecified atom stereocenters. The van der Waals surface area contributed by atoms with Crippen LogP contribution in [0.1, 0.15) is 5.01 Å². The summed E-state index contributed by atoms with van der Waals surface area (Å²) >= 11 is 1.39. The number of piperazine rings is 1. The van der Waals surface area contributed by atoms with Crippen molar-refractivity contribution in [1.82, 2.24) is 15.1 Å². The number of rotatable bonds is 6. The molecule has 2 heterocycles. The Bertz CT molecular complexity index is 954. The second-order valence-electron chi connectivity index (χ2n) is 6.71. The Morgan fingerprint density at radius 2 is 1.76 bits per heavy atom. The summed E-state index contributed by atoms with van der Waals surface area (Å²) in [6, 6.07) is 17.9. The largest absolute Gasteiger partial charge is 0.495 e. The predicted molar refractivity (Wildman–Crippen MR) is 115 cm³/mol. The molecule has 3 aromatic rings. The Morgan fingerprint density at radius 1 is 1.03 bits per heavy atom. The number of ether oxygens (including phenoxy) is 1. The lowest BCUT2D eigenvalue weighted by atomic mass is 10.2. The Morgan fingerprint density at radius 3 is 2.52 bits per heavy atom. The second-order valence-corrected chi connectivity index (χ2v) is 7.77. The van der Waals surface area contributed by atoms with Crippen molar-refractivity contribution in [3.8, 4) is 5.75 Å². The van der Waals surface area contributed by atoms with E-state index in [1.807, 2.05) is 47.4 Å². The minimum atomic E-state index is 0.0951. The lowest BCUT2D eigenvalue weighted by molar-refractivity contribution is -0.130. The van der Waals surface area contributed by atoms with Crippen LogP contribution in [-0.4, -0.2) is 54.3 Å². The van der Waals surface area contributed by atoms with Crippen LogP contribution in [-0.2, 0) is 11.2 Å². The Labute approximate surface area is 173 Å². The quantitative estimate of drug-likeness (QED) is 0.674. The molecule has 2 aromatic carbocycles. The Hall–Kier alpha value is -3.13. The Balaban J connectivity index is 1.32. The van der Waals surface area contributed by atoms with E-state index in [1.165, 1.54) is 17.0 Å². The molecule has 7 nitrogen and oxygen atoms in total. The summed E-state index contributed by atoms with van der Waals surface area (Å²) in [5.41, 5.74) is 2.02. The maximum atomic E-state index is 12.7. The molecule has 29 heavy (non-hydrogen) atoms. The van der Waals surface area contributed by atoms with Crippen molar-refractivity contribution < 1.29 is 9.53 Å². The summed E-state index contributed by atoms with van der Waals surface area (Å²) in [4.78, 5) is 16.9. The fourth-order valence-electron chi connectivity index (χ4n) is 3.33. The van der Waals surface area contributed by atoms with Gasteiger partial charge in [-0.25, -0.2) is 0 Å². The maximum absolute atomic E-state index is 12.7. The van der Waals surface area contributed by atoms with Crippen LogP contribution in [0.15, 0.2) is 54.6 Å². The smallest absolute Gasteiger partial charge is 0.229 e. The van der Waals surface area contributed by atoms with Gasteiger partial charge in [-0.2, -0.15) is 0 Å². The average Bonchev–Trinajstić information content (AvgIpc) is 3.21. The number of anilines is 3. The summed E-state index contributed by atoms with van der Waals surface area (Å²) < 4.78 is 5.34. The van der Waals surface area contributed by atoms with Gasteiger partial charge in [-0.05, 0) is 24.3 Å². The van der Waals surface area contributed by atoms with Gasteiger partial charge < -0.3 is 19.9 Å². The molecule has 0 saturated carbocycles. The Kier molecular flexibility index (Phi) is 5.90. The van der Waals surface area contributed by atoms with E-state index in [0.29, 0.717) is 10.1 Å². The number of carbonyl (C=O) groups is 1. The summed E-state index contributed by atoms with van der Waals surface area (Å²) in [5.74, 6) is 0.828. The van der Waals surface area contributed by atoms with Crippen LogP contribution < -0.4 is 15.0 Å². The number of aromatic nitrogens is 2. The summed E-state index contributed by atoms with van der Waals surface area (Å²) in [5, 5.41) is 12.9. The minimum absolute atomic E-state index is 0.0951. The van der Waals surface area contributed by atoms with Gasteiger partial charge >= 0.3 is 0 Å². The molecule has 0 radical (unpaired) electrons. The number of methoxy groups -OCH3 is 1. The first kappa shape index (κ1) is 19.2. The molecule has 1 saturated heterocycles. The van der Waals surface area contributed by atoms with Gasteiger partial charge in [0.05, 0.1) is 19.2 Å². The van der Waals surface area contributed by atoms with E-state index >= 15 is 0 Å². The van der Waals surface area contributed by atoms with Gasteiger partial charge in [0.2, 0.25) is 11.0 Å². The van der Waals surface area contributed by atoms with Crippen molar-refractivity contribution in [2.24, 2.45) is 0 Å². The number of para-hydroxylation sites is 3. The molecule has 0 aliphatic carbocycles. The van der Waals surface area contributed by atoms with Crippen LogP contribution in [0.25, 0.3) is 0 Å². The molecule has 1 fully saturated rings. The average molecular weight is 410 g/mol. The van der Waals surface area contributed by atoms with E-state index in [0.717, 1.165) is 37.6 Å². The summed E-state index contributed by atoms with van der Waals surface area (Å²) in [7, 11) is 1.63. The zero-order chi connectivity index (χ0) is 20.1. The zero-order valence-corrected chi connectivity index (χ0v) is 17.1. The van der Waals surface area contributed by atoms with Crippen molar-refractivity contribution in [1.29, 1.82) is 0 Å². The van der Waals surface area contributed by atoms with E-state index < -0.39 is 0 Å². The number of nitrogens with zero attached hydrogens (tertiary/aromatic N) is 4. The number of benzene rings is 2. The molecule has 1 aliphatic rings. The third-order valence-electron chi connectivity index (χ3n) is 4.87. The van der Waals surface area contributed by atoms with Crippen LogP contribution in [0.4, 0.5) is 16.5 Å². The number of nitrogens with one attached hydrogen (secondary N) is 1. The van der Waals surface area contributed by atoms with Gasteiger partial charge in [0.25, 0.3) is 0 Å². The van der Waals surface area contributed by atoms with Crippen molar-refractivity contribution >= 4 is 33.8 Å². The molecule has 1 N–H and O–H groups in total. The third kappa shape index (κ3) is 4.65. The molecule has 0 bridgehead atoms. The second kappa shape index (κ2) is 8.91. The first-order valence-electron chi connectivity index (χ1n) is 9.53. The van der Waals surface area contributed by atoms with Gasteiger partial charge in [0, 0.05) is 31.9 Å².